The first-order valence-corrected chi connectivity index (χ1v) is 10.2. The van der Waals surface area contributed by atoms with Crippen LogP contribution in [-0.4, -0.2) is 36.0 Å². The predicted octanol–water partition coefficient (Wildman–Crippen LogP) is 4.95. The van der Waals surface area contributed by atoms with Gasteiger partial charge in [0.25, 0.3) is 0 Å². The Balaban J connectivity index is 1.56. The minimum Gasteiger partial charge on any atom is -0.490 e. The van der Waals surface area contributed by atoms with E-state index in [0.29, 0.717) is 36.0 Å². The van der Waals surface area contributed by atoms with Crippen LogP contribution in [0, 0.1) is 0 Å². The number of hydrogen-bond donors (Lipinski definition) is 1. The summed E-state index contributed by atoms with van der Waals surface area (Å²) in [6, 6.07) is 9.37. The molecule has 0 aliphatic carbocycles. The molecule has 1 atom stereocenters. The van der Waals surface area contributed by atoms with E-state index in [-0.39, 0.29) is 18.1 Å². The Hall–Kier alpha value is -1.96. The fraction of sp³-hybridized carbons (Fsp3) is 0.381. The summed E-state index contributed by atoms with van der Waals surface area (Å²) in [6.45, 7) is 0.722. The van der Waals surface area contributed by atoms with Crippen molar-refractivity contribution in [2.24, 2.45) is 5.73 Å². The molecule has 1 aliphatic rings. The molecule has 2 aromatic carbocycles. The van der Waals surface area contributed by atoms with Gasteiger partial charge in [-0.3, -0.25) is 4.79 Å². The summed E-state index contributed by atoms with van der Waals surface area (Å²) in [7, 11) is 0. The fourth-order valence-electron chi connectivity index (χ4n) is 3.42. The van der Waals surface area contributed by atoms with E-state index in [1.807, 2.05) is 0 Å². The number of nitrogens with two attached hydrogens (primary N) is 1. The molecule has 0 spiro atoms. The lowest BCUT2D eigenvalue weighted by Gasteiger charge is -2.34. The van der Waals surface area contributed by atoms with Crippen molar-refractivity contribution < 1.29 is 22.7 Å². The van der Waals surface area contributed by atoms with Gasteiger partial charge < -0.3 is 15.4 Å². The Morgan fingerprint density at radius 3 is 2.47 bits per heavy atom. The van der Waals surface area contributed by atoms with Crippen molar-refractivity contribution in [3.05, 3.63) is 63.6 Å². The lowest BCUT2D eigenvalue weighted by atomic mass is 10.0. The number of amides is 1. The topological polar surface area (TPSA) is 55.6 Å². The molecule has 162 valence electrons. The van der Waals surface area contributed by atoms with Crippen molar-refractivity contribution in [2.75, 3.05) is 13.1 Å². The van der Waals surface area contributed by atoms with Crippen LogP contribution in [0.5, 0.6) is 5.75 Å². The van der Waals surface area contributed by atoms with Gasteiger partial charge in [-0.15, -0.1) is 0 Å². The number of rotatable bonds is 5. The van der Waals surface area contributed by atoms with Gasteiger partial charge in [-0.1, -0.05) is 41.4 Å². The number of alkyl halides is 3. The second-order valence-electron chi connectivity index (χ2n) is 7.18. The van der Waals surface area contributed by atoms with Crippen molar-refractivity contribution in [1.82, 2.24) is 4.90 Å². The Morgan fingerprint density at radius 1 is 1.17 bits per heavy atom. The molecule has 4 nitrogen and oxygen atoms in total. The summed E-state index contributed by atoms with van der Waals surface area (Å²) in [5.41, 5.74) is 6.00. The van der Waals surface area contributed by atoms with E-state index < -0.39 is 23.9 Å². The number of hydrogen-bond acceptors (Lipinski definition) is 3. The molecule has 0 aromatic heterocycles. The van der Waals surface area contributed by atoms with Crippen molar-refractivity contribution in [3.8, 4) is 5.75 Å². The van der Waals surface area contributed by atoms with Gasteiger partial charge in [-0.05, 0) is 36.2 Å². The Morgan fingerprint density at radius 2 is 1.83 bits per heavy atom. The van der Waals surface area contributed by atoms with Crippen molar-refractivity contribution in [1.29, 1.82) is 0 Å². The van der Waals surface area contributed by atoms with Crippen LogP contribution in [0.15, 0.2) is 42.5 Å². The van der Waals surface area contributed by atoms with E-state index >= 15 is 0 Å². The molecule has 30 heavy (non-hydrogen) atoms. The molecule has 1 heterocycles. The summed E-state index contributed by atoms with van der Waals surface area (Å²) in [4.78, 5) is 14.3. The highest BCUT2D eigenvalue weighted by atomic mass is 35.5. The average Bonchev–Trinajstić information content (AvgIpc) is 2.69. The molecular weight excluding hydrogens is 440 g/mol. The summed E-state index contributed by atoms with van der Waals surface area (Å²) in [5, 5.41) is 0.944. The van der Waals surface area contributed by atoms with Gasteiger partial charge in [0.05, 0.1) is 11.6 Å². The number of para-hydroxylation sites is 1. The maximum atomic E-state index is 13.1. The van der Waals surface area contributed by atoms with Gasteiger partial charge in [0.15, 0.2) is 0 Å². The molecule has 1 amide bonds. The highest BCUT2D eigenvalue weighted by molar-refractivity contribution is 6.35. The molecule has 2 N–H and O–H groups in total. The number of benzene rings is 2. The standard InChI is InChI=1S/C21H21Cl2F3N2O2/c22-14-6-5-13(17(23)12-14)11-18(27)20(29)28-9-7-15(8-10-28)30-19-4-2-1-3-16(19)21(24,25)26/h1-6,12,15,18H,7-11,27H2/t18-/m1/s1. The molecule has 1 saturated heterocycles. The van der Waals surface area contributed by atoms with Gasteiger partial charge in [-0.2, -0.15) is 13.2 Å². The molecule has 9 heteroatoms. The number of halogens is 5. The van der Waals surface area contributed by atoms with E-state index in [1.165, 1.54) is 18.2 Å². The van der Waals surface area contributed by atoms with E-state index in [0.717, 1.165) is 11.6 Å². The van der Waals surface area contributed by atoms with Gasteiger partial charge >= 0.3 is 6.18 Å². The Bertz CT molecular complexity index is 900. The molecule has 1 aliphatic heterocycles. The Kier molecular flexibility index (Phi) is 7.16. The number of piperidine rings is 1. The first-order chi connectivity index (χ1) is 14.1. The van der Waals surface area contributed by atoms with Crippen molar-refractivity contribution in [3.63, 3.8) is 0 Å². The number of nitrogens with zero attached hydrogens (tertiary/aromatic N) is 1. The third-order valence-electron chi connectivity index (χ3n) is 5.01. The molecule has 2 aromatic rings. The van der Waals surface area contributed by atoms with Gasteiger partial charge in [0.2, 0.25) is 5.91 Å². The summed E-state index contributed by atoms with van der Waals surface area (Å²) in [5.74, 6) is -0.418. The number of likely N-dealkylation sites (tertiary alicyclic amines) is 1. The van der Waals surface area contributed by atoms with E-state index in [4.69, 9.17) is 33.7 Å². The second kappa shape index (κ2) is 9.45. The SMILES string of the molecule is N[C@H](Cc1ccc(Cl)cc1Cl)C(=O)N1CCC(Oc2ccccc2C(F)(F)F)CC1. The van der Waals surface area contributed by atoms with Crippen LogP contribution in [0.1, 0.15) is 24.0 Å². The monoisotopic (exact) mass is 460 g/mol. The molecule has 0 bridgehead atoms. The maximum absolute atomic E-state index is 13.1. The smallest absolute Gasteiger partial charge is 0.419 e. The number of ether oxygens (including phenoxy) is 1. The largest absolute Gasteiger partial charge is 0.490 e. The molecule has 3 rings (SSSR count). The molecular formula is C21H21Cl2F3N2O2. The quantitative estimate of drug-likeness (QED) is 0.686. The molecule has 0 unspecified atom stereocenters. The minimum atomic E-state index is -4.48. The number of carbonyl (C=O) groups excluding carboxylic acids is 1. The van der Waals surface area contributed by atoms with E-state index in [9.17, 15) is 18.0 Å². The third kappa shape index (κ3) is 5.59. The van der Waals surface area contributed by atoms with Gasteiger partial charge in [-0.25, -0.2) is 0 Å². The van der Waals surface area contributed by atoms with Gasteiger partial charge in [0.1, 0.15) is 11.9 Å². The van der Waals surface area contributed by atoms with E-state index in [2.05, 4.69) is 0 Å². The summed E-state index contributed by atoms with van der Waals surface area (Å²) in [6.07, 6.45) is -3.77. The maximum Gasteiger partial charge on any atom is 0.419 e. The van der Waals surface area contributed by atoms with Crippen LogP contribution in [-0.2, 0) is 17.4 Å². The van der Waals surface area contributed by atoms with Gasteiger partial charge in [0, 0.05) is 36.0 Å². The highest BCUT2D eigenvalue weighted by Crippen LogP contribution is 2.37. The van der Waals surface area contributed by atoms with Crippen LogP contribution in [0.2, 0.25) is 10.0 Å². The Labute approximate surface area is 182 Å². The number of carbonyl (C=O) groups is 1. The van der Waals surface area contributed by atoms with E-state index in [1.54, 1.807) is 23.1 Å². The first kappa shape index (κ1) is 22.7. The second-order valence-corrected chi connectivity index (χ2v) is 8.03. The molecule has 0 saturated carbocycles. The molecule has 0 radical (unpaired) electrons. The predicted molar refractivity (Wildman–Crippen MR) is 110 cm³/mol. The lowest BCUT2D eigenvalue weighted by Crippen LogP contribution is -2.49. The third-order valence-corrected chi connectivity index (χ3v) is 5.60. The average molecular weight is 461 g/mol. The summed E-state index contributed by atoms with van der Waals surface area (Å²) < 4.78 is 45.0. The van der Waals surface area contributed by atoms with Crippen molar-refractivity contribution >= 4 is 29.1 Å². The zero-order chi connectivity index (χ0) is 21.9. The fourth-order valence-corrected chi connectivity index (χ4v) is 3.91. The minimum absolute atomic E-state index is 0.191. The van der Waals surface area contributed by atoms with Crippen LogP contribution < -0.4 is 10.5 Å². The van der Waals surface area contributed by atoms with Crippen LogP contribution >= 0.6 is 23.2 Å². The zero-order valence-electron chi connectivity index (χ0n) is 16.0. The van der Waals surface area contributed by atoms with Crippen LogP contribution in [0.4, 0.5) is 13.2 Å². The molecule has 1 fully saturated rings. The van der Waals surface area contributed by atoms with Crippen molar-refractivity contribution in [2.45, 2.75) is 37.6 Å². The first-order valence-electron chi connectivity index (χ1n) is 9.46. The lowest BCUT2D eigenvalue weighted by molar-refractivity contribution is -0.139. The normalized spacial score (nSPS) is 16.4. The summed E-state index contributed by atoms with van der Waals surface area (Å²) >= 11 is 12.0. The van der Waals surface area contributed by atoms with Crippen LogP contribution in [0.25, 0.3) is 0 Å². The highest BCUT2D eigenvalue weighted by Gasteiger charge is 2.35. The van der Waals surface area contributed by atoms with Crippen LogP contribution in [0.3, 0.4) is 0 Å². The zero-order valence-corrected chi connectivity index (χ0v) is 17.5.